The molecule has 1 aromatic heterocycles. The van der Waals surface area contributed by atoms with Gasteiger partial charge in [-0.05, 0) is 12.8 Å². The molecule has 3 heterocycles. The SMILES string of the molecule is CS(=O)(=O)C1=C(n2cnc(C3CCN(C(=O)O)CC3)n2)COC1=O. The van der Waals surface area contributed by atoms with Gasteiger partial charge in [-0.15, -0.1) is 0 Å². The second-order valence-electron chi connectivity index (χ2n) is 5.72. The average molecular weight is 356 g/mol. The van der Waals surface area contributed by atoms with Gasteiger partial charge in [0.15, 0.2) is 20.6 Å². The van der Waals surface area contributed by atoms with E-state index in [0.29, 0.717) is 31.8 Å². The lowest BCUT2D eigenvalue weighted by Gasteiger charge is -2.28. The maximum Gasteiger partial charge on any atom is 0.407 e. The molecule has 3 rings (SSSR count). The molecule has 0 aromatic carbocycles. The van der Waals surface area contributed by atoms with Crippen molar-refractivity contribution in [1.82, 2.24) is 19.7 Å². The van der Waals surface area contributed by atoms with E-state index >= 15 is 0 Å². The highest BCUT2D eigenvalue weighted by molar-refractivity contribution is 7.95. The van der Waals surface area contributed by atoms with E-state index < -0.39 is 26.8 Å². The molecule has 130 valence electrons. The van der Waals surface area contributed by atoms with Gasteiger partial charge in [0, 0.05) is 25.3 Å². The summed E-state index contributed by atoms with van der Waals surface area (Å²) in [7, 11) is -3.74. The normalized spacial score (nSPS) is 19.7. The molecule has 1 saturated heterocycles. The van der Waals surface area contributed by atoms with Crippen LogP contribution in [0, 0.1) is 0 Å². The van der Waals surface area contributed by atoms with E-state index in [2.05, 4.69) is 10.1 Å². The molecular formula is C13H16N4O6S. The summed E-state index contributed by atoms with van der Waals surface area (Å²) in [6.07, 6.45) is 2.51. The first-order chi connectivity index (χ1) is 11.3. The second kappa shape index (κ2) is 5.89. The summed E-state index contributed by atoms with van der Waals surface area (Å²) in [6.45, 7) is 0.613. The Hall–Kier alpha value is -2.43. The number of cyclic esters (lactones) is 1. The van der Waals surface area contributed by atoms with Gasteiger partial charge in [-0.3, -0.25) is 0 Å². The molecule has 0 aliphatic carbocycles. The third-order valence-electron chi connectivity index (χ3n) is 4.08. The molecule has 0 bridgehead atoms. The Balaban J connectivity index is 1.83. The zero-order valence-corrected chi connectivity index (χ0v) is 13.7. The average Bonchev–Trinajstić information content (AvgIpc) is 3.13. The molecule has 0 radical (unpaired) electrons. The Morgan fingerprint density at radius 2 is 2.04 bits per heavy atom. The largest absolute Gasteiger partial charge is 0.465 e. The molecule has 2 aliphatic heterocycles. The fraction of sp³-hybridized carbons (Fsp3) is 0.538. The first-order valence-corrected chi connectivity index (χ1v) is 9.16. The third-order valence-corrected chi connectivity index (χ3v) is 5.22. The standard InChI is InChI=1S/C13H16N4O6S/c1-24(21,22)10-9(6-23-12(10)18)17-7-14-11(15-17)8-2-4-16(5-3-8)13(19)20/h7-8H,2-6H2,1H3,(H,19,20). The first kappa shape index (κ1) is 16.4. The van der Waals surface area contributed by atoms with Crippen LogP contribution < -0.4 is 0 Å². The quantitative estimate of drug-likeness (QED) is 0.743. The number of sulfone groups is 1. The third kappa shape index (κ3) is 2.98. The Morgan fingerprint density at radius 3 is 2.62 bits per heavy atom. The Morgan fingerprint density at radius 1 is 1.38 bits per heavy atom. The number of carboxylic acid groups (broad SMARTS) is 1. The summed E-state index contributed by atoms with van der Waals surface area (Å²) in [6, 6.07) is 0. The minimum absolute atomic E-state index is 0.0119. The highest BCUT2D eigenvalue weighted by Gasteiger charge is 2.35. The second-order valence-corrected chi connectivity index (χ2v) is 7.67. The molecule has 2 aliphatic rings. The Kier molecular flexibility index (Phi) is 4.03. The monoisotopic (exact) mass is 356 g/mol. The van der Waals surface area contributed by atoms with E-state index in [-0.39, 0.29) is 18.2 Å². The van der Waals surface area contributed by atoms with Crippen molar-refractivity contribution in [1.29, 1.82) is 0 Å². The van der Waals surface area contributed by atoms with E-state index in [9.17, 15) is 18.0 Å². The summed E-state index contributed by atoms with van der Waals surface area (Å²) in [5.41, 5.74) is 0.143. The van der Waals surface area contributed by atoms with Gasteiger partial charge in [0.1, 0.15) is 18.6 Å². The van der Waals surface area contributed by atoms with Crippen LogP contribution in [0.2, 0.25) is 0 Å². The fourth-order valence-corrected chi connectivity index (χ4v) is 3.78. The van der Waals surface area contributed by atoms with Gasteiger partial charge < -0.3 is 14.7 Å². The number of ether oxygens (including phenoxy) is 1. The summed E-state index contributed by atoms with van der Waals surface area (Å²) in [5, 5.41) is 13.2. The molecule has 0 unspecified atom stereocenters. The number of nitrogens with zero attached hydrogens (tertiary/aromatic N) is 4. The van der Waals surface area contributed by atoms with Crippen molar-refractivity contribution in [3.05, 3.63) is 17.1 Å². The van der Waals surface area contributed by atoms with Crippen LogP contribution in [-0.4, -0.2) is 71.2 Å². The lowest BCUT2D eigenvalue weighted by Crippen LogP contribution is -2.37. The minimum Gasteiger partial charge on any atom is -0.465 e. The number of esters is 1. The van der Waals surface area contributed by atoms with Gasteiger partial charge in [-0.2, -0.15) is 5.10 Å². The van der Waals surface area contributed by atoms with Gasteiger partial charge in [0.2, 0.25) is 0 Å². The van der Waals surface area contributed by atoms with Crippen LogP contribution in [0.25, 0.3) is 5.70 Å². The number of hydrogen-bond acceptors (Lipinski definition) is 7. The van der Waals surface area contributed by atoms with E-state index in [1.807, 2.05) is 0 Å². The van der Waals surface area contributed by atoms with Crippen molar-refractivity contribution >= 4 is 27.6 Å². The molecule has 1 N–H and O–H groups in total. The Labute approximate surface area is 137 Å². The molecule has 0 spiro atoms. The number of hydrogen-bond donors (Lipinski definition) is 1. The molecule has 10 nitrogen and oxygen atoms in total. The van der Waals surface area contributed by atoms with Crippen molar-refractivity contribution in [3.8, 4) is 0 Å². The van der Waals surface area contributed by atoms with Crippen LogP contribution in [-0.2, 0) is 19.4 Å². The molecule has 0 atom stereocenters. The first-order valence-electron chi connectivity index (χ1n) is 7.27. The number of carbonyl (C=O) groups is 2. The highest BCUT2D eigenvalue weighted by atomic mass is 32.2. The number of aromatic nitrogens is 3. The van der Waals surface area contributed by atoms with E-state index in [1.165, 1.54) is 15.9 Å². The van der Waals surface area contributed by atoms with Gasteiger partial charge in [0.05, 0.1) is 0 Å². The lowest BCUT2D eigenvalue weighted by atomic mass is 9.96. The van der Waals surface area contributed by atoms with Crippen molar-refractivity contribution in [2.75, 3.05) is 26.0 Å². The zero-order valence-electron chi connectivity index (χ0n) is 12.9. The summed E-state index contributed by atoms with van der Waals surface area (Å²) in [4.78, 5) is 27.7. The Bertz CT molecular complexity index is 819. The summed E-state index contributed by atoms with van der Waals surface area (Å²) >= 11 is 0. The molecule has 11 heteroatoms. The van der Waals surface area contributed by atoms with Gasteiger partial charge in [-0.25, -0.2) is 27.7 Å². The molecule has 24 heavy (non-hydrogen) atoms. The van der Waals surface area contributed by atoms with E-state index in [1.54, 1.807) is 0 Å². The van der Waals surface area contributed by atoms with Crippen LogP contribution in [0.15, 0.2) is 11.2 Å². The number of piperidine rings is 1. The maximum atomic E-state index is 11.8. The predicted molar refractivity (Wildman–Crippen MR) is 80.6 cm³/mol. The van der Waals surface area contributed by atoms with Gasteiger partial charge in [-0.1, -0.05) is 0 Å². The molecule has 0 saturated carbocycles. The number of amides is 1. The van der Waals surface area contributed by atoms with Crippen LogP contribution in [0.3, 0.4) is 0 Å². The van der Waals surface area contributed by atoms with Crippen LogP contribution >= 0.6 is 0 Å². The van der Waals surface area contributed by atoms with Crippen molar-refractivity contribution < 1.29 is 27.9 Å². The lowest BCUT2D eigenvalue weighted by molar-refractivity contribution is -0.135. The van der Waals surface area contributed by atoms with Crippen molar-refractivity contribution in [2.45, 2.75) is 18.8 Å². The summed E-state index contributed by atoms with van der Waals surface area (Å²) in [5.74, 6) is -0.402. The summed E-state index contributed by atoms with van der Waals surface area (Å²) < 4.78 is 29.6. The topological polar surface area (TPSA) is 132 Å². The van der Waals surface area contributed by atoms with Crippen molar-refractivity contribution in [2.24, 2.45) is 0 Å². The van der Waals surface area contributed by atoms with Gasteiger partial charge in [0.25, 0.3) is 0 Å². The highest BCUT2D eigenvalue weighted by Crippen LogP contribution is 2.28. The minimum atomic E-state index is -3.74. The maximum absolute atomic E-state index is 11.8. The fourth-order valence-electron chi connectivity index (χ4n) is 2.84. The zero-order chi connectivity index (χ0) is 17.5. The van der Waals surface area contributed by atoms with Crippen LogP contribution in [0.4, 0.5) is 4.79 Å². The van der Waals surface area contributed by atoms with Crippen LogP contribution in [0.1, 0.15) is 24.6 Å². The van der Waals surface area contributed by atoms with E-state index in [4.69, 9.17) is 9.84 Å². The molecule has 1 amide bonds. The predicted octanol–water partition coefficient (Wildman–Crippen LogP) is -0.0945. The number of rotatable bonds is 3. The molecule has 1 fully saturated rings. The molecular weight excluding hydrogens is 340 g/mol. The number of carbonyl (C=O) groups excluding carboxylic acids is 1. The van der Waals surface area contributed by atoms with Crippen molar-refractivity contribution in [3.63, 3.8) is 0 Å². The van der Waals surface area contributed by atoms with Gasteiger partial charge >= 0.3 is 12.1 Å². The molecule has 1 aromatic rings. The number of likely N-dealkylation sites (tertiary alicyclic amines) is 1. The van der Waals surface area contributed by atoms with Crippen LogP contribution in [0.5, 0.6) is 0 Å². The van der Waals surface area contributed by atoms with E-state index in [0.717, 1.165) is 6.26 Å². The smallest absolute Gasteiger partial charge is 0.407 e.